The SMILES string of the molecule is C=CC(O)C1CN(C)C(=O)c2c3c(nn2C1)CC(C)N(C(=O)Nc1ccc(F)c(Br)c1)C3. The van der Waals surface area contributed by atoms with Crippen LogP contribution in [0.5, 0.6) is 0 Å². The van der Waals surface area contributed by atoms with Gasteiger partial charge in [0, 0.05) is 49.8 Å². The number of amides is 3. The van der Waals surface area contributed by atoms with Gasteiger partial charge >= 0.3 is 6.03 Å². The van der Waals surface area contributed by atoms with Crippen LogP contribution in [-0.4, -0.2) is 62.4 Å². The highest BCUT2D eigenvalue weighted by molar-refractivity contribution is 9.10. The number of carbonyl (C=O) groups excluding carboxylic acids is 2. The number of hydrogen-bond acceptors (Lipinski definition) is 4. The summed E-state index contributed by atoms with van der Waals surface area (Å²) in [4.78, 5) is 29.4. The van der Waals surface area contributed by atoms with Crippen molar-refractivity contribution in [2.24, 2.45) is 5.92 Å². The number of rotatable bonds is 3. The Labute approximate surface area is 193 Å². The first kappa shape index (κ1) is 22.5. The second-order valence-electron chi connectivity index (χ2n) is 8.37. The zero-order chi connectivity index (χ0) is 23.2. The molecule has 0 spiro atoms. The number of nitrogens with one attached hydrogen (secondary N) is 1. The average molecular weight is 506 g/mol. The van der Waals surface area contributed by atoms with E-state index < -0.39 is 11.9 Å². The van der Waals surface area contributed by atoms with Crippen molar-refractivity contribution < 1.29 is 19.1 Å². The molecule has 0 fully saturated rings. The fraction of sp³-hybridized carbons (Fsp3) is 0.409. The summed E-state index contributed by atoms with van der Waals surface area (Å²) in [6, 6.07) is 3.79. The number of hydrogen-bond donors (Lipinski definition) is 2. The standard InChI is InChI=1S/C22H25BrFN5O3/c1-4-19(30)13-9-27(3)21(31)20-15-11-28(12(2)7-18(15)26-29(20)10-13)22(32)25-14-5-6-17(24)16(23)8-14/h4-6,8,12-13,19,30H,1,7,9-11H2,2-3H3,(H,25,32). The Bertz CT molecular complexity index is 1090. The number of nitrogens with zero attached hydrogens (tertiary/aromatic N) is 4. The molecule has 3 unspecified atom stereocenters. The maximum atomic E-state index is 13.5. The number of urea groups is 1. The van der Waals surface area contributed by atoms with Crippen molar-refractivity contribution in [2.75, 3.05) is 18.9 Å². The first-order chi connectivity index (χ1) is 15.2. The number of anilines is 1. The zero-order valence-electron chi connectivity index (χ0n) is 17.9. The van der Waals surface area contributed by atoms with Gasteiger partial charge in [0.1, 0.15) is 11.5 Å². The summed E-state index contributed by atoms with van der Waals surface area (Å²) in [5.74, 6) is -0.822. The Hall–Kier alpha value is -2.72. The highest BCUT2D eigenvalue weighted by Crippen LogP contribution is 2.30. The summed E-state index contributed by atoms with van der Waals surface area (Å²) in [6.07, 6.45) is 1.22. The molecule has 0 aliphatic carbocycles. The molecule has 4 rings (SSSR count). The van der Waals surface area contributed by atoms with Crippen LogP contribution in [0.25, 0.3) is 0 Å². The molecule has 0 saturated heterocycles. The van der Waals surface area contributed by atoms with Gasteiger partial charge in [-0.2, -0.15) is 5.10 Å². The number of carbonyl (C=O) groups is 2. The predicted molar refractivity (Wildman–Crippen MR) is 121 cm³/mol. The van der Waals surface area contributed by atoms with E-state index in [1.54, 1.807) is 21.5 Å². The molecule has 2 aliphatic rings. The molecule has 0 radical (unpaired) electrons. The van der Waals surface area contributed by atoms with Crippen LogP contribution in [0, 0.1) is 11.7 Å². The van der Waals surface area contributed by atoms with E-state index in [2.05, 4.69) is 32.9 Å². The fourth-order valence-corrected chi connectivity index (χ4v) is 4.69. The topological polar surface area (TPSA) is 90.7 Å². The third kappa shape index (κ3) is 4.04. The Morgan fingerprint density at radius 2 is 2.19 bits per heavy atom. The first-order valence-electron chi connectivity index (χ1n) is 10.4. The summed E-state index contributed by atoms with van der Waals surface area (Å²) >= 11 is 3.12. The van der Waals surface area contributed by atoms with E-state index in [-0.39, 0.29) is 34.9 Å². The molecule has 3 heterocycles. The normalized spacial score (nSPS) is 21.5. The van der Waals surface area contributed by atoms with Gasteiger partial charge in [-0.15, -0.1) is 6.58 Å². The minimum Gasteiger partial charge on any atom is -0.389 e. The van der Waals surface area contributed by atoms with Gasteiger partial charge in [-0.05, 0) is 41.1 Å². The Morgan fingerprint density at radius 3 is 2.88 bits per heavy atom. The van der Waals surface area contributed by atoms with Crippen LogP contribution in [0.3, 0.4) is 0 Å². The van der Waals surface area contributed by atoms with Gasteiger partial charge in [-0.1, -0.05) is 6.08 Å². The van der Waals surface area contributed by atoms with Crippen LogP contribution in [-0.2, 0) is 19.5 Å². The highest BCUT2D eigenvalue weighted by atomic mass is 79.9. The minimum absolute atomic E-state index is 0.145. The van der Waals surface area contributed by atoms with Crippen LogP contribution >= 0.6 is 15.9 Å². The van der Waals surface area contributed by atoms with Gasteiger partial charge in [0.05, 0.1) is 22.8 Å². The second kappa shape index (κ2) is 8.67. The number of aliphatic hydroxyl groups excluding tert-OH is 1. The lowest BCUT2D eigenvalue weighted by Crippen LogP contribution is -2.45. The molecular weight excluding hydrogens is 481 g/mol. The number of halogens is 2. The second-order valence-corrected chi connectivity index (χ2v) is 9.22. The summed E-state index contributed by atoms with van der Waals surface area (Å²) < 4.78 is 15.4. The van der Waals surface area contributed by atoms with E-state index >= 15 is 0 Å². The lowest BCUT2D eigenvalue weighted by atomic mass is 9.99. The molecular formula is C22H25BrFN5O3. The molecule has 170 valence electrons. The van der Waals surface area contributed by atoms with Gasteiger partial charge in [-0.3, -0.25) is 9.48 Å². The predicted octanol–water partition coefficient (Wildman–Crippen LogP) is 3.01. The minimum atomic E-state index is -0.756. The molecule has 2 aliphatic heterocycles. The van der Waals surface area contributed by atoms with Crippen LogP contribution in [0.4, 0.5) is 14.9 Å². The summed E-state index contributed by atoms with van der Waals surface area (Å²) in [7, 11) is 1.70. The third-order valence-electron chi connectivity index (χ3n) is 6.10. The van der Waals surface area contributed by atoms with Crippen LogP contribution in [0.2, 0.25) is 0 Å². The number of aromatic nitrogens is 2. The molecule has 0 saturated carbocycles. The van der Waals surface area contributed by atoms with Crippen molar-refractivity contribution in [3.8, 4) is 0 Å². The van der Waals surface area contributed by atoms with Crippen molar-refractivity contribution in [1.82, 2.24) is 19.6 Å². The monoisotopic (exact) mass is 505 g/mol. The lowest BCUT2D eigenvalue weighted by Gasteiger charge is -2.33. The molecule has 0 bridgehead atoms. The third-order valence-corrected chi connectivity index (χ3v) is 6.71. The smallest absolute Gasteiger partial charge is 0.322 e. The van der Waals surface area contributed by atoms with E-state index in [1.165, 1.54) is 24.3 Å². The summed E-state index contributed by atoms with van der Waals surface area (Å²) in [6.45, 7) is 6.57. The van der Waals surface area contributed by atoms with E-state index in [4.69, 9.17) is 0 Å². The van der Waals surface area contributed by atoms with Crippen molar-refractivity contribution in [3.63, 3.8) is 0 Å². The maximum Gasteiger partial charge on any atom is 0.322 e. The van der Waals surface area contributed by atoms with Gasteiger partial charge in [0.15, 0.2) is 0 Å². The number of benzene rings is 1. The van der Waals surface area contributed by atoms with E-state index in [0.717, 1.165) is 11.3 Å². The van der Waals surface area contributed by atoms with E-state index in [9.17, 15) is 19.1 Å². The molecule has 32 heavy (non-hydrogen) atoms. The highest BCUT2D eigenvalue weighted by Gasteiger charge is 2.37. The maximum absolute atomic E-state index is 13.5. The van der Waals surface area contributed by atoms with Crippen LogP contribution < -0.4 is 5.32 Å². The largest absolute Gasteiger partial charge is 0.389 e. The Morgan fingerprint density at radius 1 is 1.44 bits per heavy atom. The molecule has 1 aromatic carbocycles. The zero-order valence-corrected chi connectivity index (χ0v) is 19.5. The van der Waals surface area contributed by atoms with Crippen LogP contribution in [0.15, 0.2) is 35.3 Å². The van der Waals surface area contributed by atoms with E-state index in [0.29, 0.717) is 30.9 Å². The lowest BCUT2D eigenvalue weighted by molar-refractivity contribution is 0.0724. The molecule has 3 amide bonds. The summed E-state index contributed by atoms with van der Waals surface area (Å²) in [5, 5.41) is 17.8. The van der Waals surface area contributed by atoms with Crippen molar-refractivity contribution in [2.45, 2.75) is 38.6 Å². The average Bonchev–Trinajstić information content (AvgIpc) is 3.04. The number of aliphatic hydroxyl groups is 1. The summed E-state index contributed by atoms with van der Waals surface area (Å²) in [5.41, 5.74) is 2.43. The molecule has 8 nitrogen and oxygen atoms in total. The first-order valence-corrected chi connectivity index (χ1v) is 11.2. The number of fused-ring (bicyclic) bond motifs is 3. The molecule has 3 atom stereocenters. The molecule has 2 N–H and O–H groups in total. The van der Waals surface area contributed by atoms with Gasteiger partial charge in [-0.25, -0.2) is 9.18 Å². The quantitative estimate of drug-likeness (QED) is 0.627. The molecule has 10 heteroatoms. The van der Waals surface area contributed by atoms with E-state index in [1.807, 2.05) is 6.92 Å². The van der Waals surface area contributed by atoms with Crippen LogP contribution in [0.1, 0.15) is 28.7 Å². The van der Waals surface area contributed by atoms with Crippen molar-refractivity contribution >= 4 is 33.6 Å². The van der Waals surface area contributed by atoms with Crippen molar-refractivity contribution in [3.05, 3.63) is 58.1 Å². The Kier molecular flexibility index (Phi) is 6.09. The fourth-order valence-electron chi connectivity index (χ4n) is 4.31. The van der Waals surface area contributed by atoms with Gasteiger partial charge < -0.3 is 20.2 Å². The molecule has 1 aromatic heterocycles. The molecule has 2 aromatic rings. The van der Waals surface area contributed by atoms with Crippen molar-refractivity contribution in [1.29, 1.82) is 0 Å². The van der Waals surface area contributed by atoms with Gasteiger partial charge in [0.25, 0.3) is 5.91 Å². The van der Waals surface area contributed by atoms with Gasteiger partial charge in [0.2, 0.25) is 0 Å². The Balaban J connectivity index is 1.62.